The van der Waals surface area contributed by atoms with Crippen molar-refractivity contribution >= 4 is 5.69 Å². The molecule has 2 aromatic rings. The molecule has 106 valence electrons. The Hall–Kier alpha value is -2.51. The summed E-state index contributed by atoms with van der Waals surface area (Å²) in [6.45, 7) is 2.85. The molecule has 0 radical (unpaired) electrons. The van der Waals surface area contributed by atoms with Crippen LogP contribution in [-0.2, 0) is 13.2 Å². The fourth-order valence-electron chi connectivity index (χ4n) is 1.67. The number of aryl methyl sites for hydroxylation is 1. The minimum Gasteiger partial charge on any atom is -0.486 e. The Labute approximate surface area is 114 Å². The molecular weight excluding hydrogens is 267 g/mol. The van der Waals surface area contributed by atoms with Crippen LogP contribution >= 0.6 is 0 Å². The molecule has 0 saturated heterocycles. The Morgan fingerprint density at radius 2 is 2.30 bits per heavy atom. The lowest BCUT2D eigenvalue weighted by Gasteiger charge is -2.07. The lowest BCUT2D eigenvalue weighted by Crippen LogP contribution is -2.08. The third-order valence-corrected chi connectivity index (χ3v) is 2.61. The highest BCUT2D eigenvalue weighted by Gasteiger charge is 2.14. The Kier molecular flexibility index (Phi) is 4.24. The molecule has 0 fully saturated rings. The Morgan fingerprint density at radius 3 is 2.95 bits per heavy atom. The molecule has 0 spiro atoms. The summed E-state index contributed by atoms with van der Waals surface area (Å²) in [7, 11) is 0. The topological polar surface area (TPSA) is 83.1 Å². The number of hydrogen-bond donors (Lipinski definition) is 0. The van der Waals surface area contributed by atoms with Crippen LogP contribution < -0.4 is 4.74 Å². The first-order valence-electron chi connectivity index (χ1n) is 6.05. The number of aromatic nitrogens is 3. The predicted molar refractivity (Wildman–Crippen MR) is 67.7 cm³/mol. The van der Waals surface area contributed by atoms with Gasteiger partial charge in [-0.25, -0.2) is 9.67 Å². The zero-order chi connectivity index (χ0) is 14.5. The maximum atomic E-state index is 13.4. The highest BCUT2D eigenvalue weighted by Crippen LogP contribution is 2.22. The van der Waals surface area contributed by atoms with E-state index in [0.717, 1.165) is 18.6 Å². The molecule has 0 aliphatic carbocycles. The summed E-state index contributed by atoms with van der Waals surface area (Å²) in [6, 6.07) is 3.40. The third-order valence-electron chi connectivity index (χ3n) is 2.61. The molecular formula is C12H13FN4O3. The third kappa shape index (κ3) is 3.08. The summed E-state index contributed by atoms with van der Waals surface area (Å²) in [4.78, 5) is 13.8. The molecule has 0 N–H and O–H groups in total. The van der Waals surface area contributed by atoms with Crippen LogP contribution in [0.1, 0.15) is 19.2 Å². The van der Waals surface area contributed by atoms with Crippen molar-refractivity contribution in [2.75, 3.05) is 0 Å². The van der Waals surface area contributed by atoms with Crippen LogP contribution in [0.4, 0.5) is 10.1 Å². The second kappa shape index (κ2) is 6.09. The first-order chi connectivity index (χ1) is 9.61. The van der Waals surface area contributed by atoms with Gasteiger partial charge in [-0.05, 0) is 12.5 Å². The van der Waals surface area contributed by atoms with Gasteiger partial charge >= 0.3 is 5.69 Å². The fraction of sp³-hybridized carbons (Fsp3) is 0.333. The molecule has 7 nitrogen and oxygen atoms in total. The smallest absolute Gasteiger partial charge is 0.305 e. The summed E-state index contributed by atoms with van der Waals surface area (Å²) in [5.74, 6) is -0.104. The van der Waals surface area contributed by atoms with Gasteiger partial charge in [0.05, 0.1) is 4.92 Å². The van der Waals surface area contributed by atoms with Crippen molar-refractivity contribution in [2.24, 2.45) is 0 Å². The summed E-state index contributed by atoms with van der Waals surface area (Å²) < 4.78 is 20.5. The molecule has 1 aromatic carbocycles. The van der Waals surface area contributed by atoms with Crippen LogP contribution in [0, 0.1) is 15.9 Å². The van der Waals surface area contributed by atoms with Crippen LogP contribution in [0.5, 0.6) is 5.75 Å². The van der Waals surface area contributed by atoms with Gasteiger partial charge in [-0.1, -0.05) is 6.92 Å². The summed E-state index contributed by atoms with van der Waals surface area (Å²) in [6.07, 6.45) is 2.33. The maximum Gasteiger partial charge on any atom is 0.305 e. The van der Waals surface area contributed by atoms with E-state index in [-0.39, 0.29) is 12.4 Å². The molecule has 0 bridgehead atoms. The molecule has 20 heavy (non-hydrogen) atoms. The lowest BCUT2D eigenvalue weighted by atomic mass is 10.3. The van der Waals surface area contributed by atoms with Crippen LogP contribution in [0.2, 0.25) is 0 Å². The average Bonchev–Trinajstić information content (AvgIpc) is 2.84. The van der Waals surface area contributed by atoms with Crippen LogP contribution in [0.25, 0.3) is 0 Å². The van der Waals surface area contributed by atoms with Crippen molar-refractivity contribution in [3.63, 3.8) is 0 Å². The minimum atomic E-state index is -0.928. The number of halogens is 1. The second-order valence-electron chi connectivity index (χ2n) is 4.06. The molecule has 0 atom stereocenters. The van der Waals surface area contributed by atoms with Gasteiger partial charge in [0, 0.05) is 18.7 Å². The van der Waals surface area contributed by atoms with E-state index in [9.17, 15) is 14.5 Å². The summed E-state index contributed by atoms with van der Waals surface area (Å²) in [5, 5.41) is 14.5. The molecule has 0 saturated carbocycles. The van der Waals surface area contributed by atoms with Gasteiger partial charge in [0.1, 0.15) is 18.7 Å². The van der Waals surface area contributed by atoms with Crippen LogP contribution in [-0.4, -0.2) is 19.7 Å². The zero-order valence-corrected chi connectivity index (χ0v) is 10.8. The van der Waals surface area contributed by atoms with Crippen molar-refractivity contribution in [3.05, 3.63) is 46.3 Å². The lowest BCUT2D eigenvalue weighted by molar-refractivity contribution is -0.387. The summed E-state index contributed by atoms with van der Waals surface area (Å²) >= 11 is 0. The number of benzene rings is 1. The Morgan fingerprint density at radius 1 is 1.50 bits per heavy atom. The van der Waals surface area contributed by atoms with Gasteiger partial charge in [0.15, 0.2) is 5.82 Å². The van der Waals surface area contributed by atoms with E-state index < -0.39 is 16.4 Å². The number of rotatable bonds is 6. The molecule has 0 aliphatic heterocycles. The summed E-state index contributed by atoms with van der Waals surface area (Å²) in [5.41, 5.74) is -0.577. The number of nitro groups is 1. The van der Waals surface area contributed by atoms with E-state index in [1.807, 2.05) is 6.92 Å². The molecule has 1 aromatic heterocycles. The highest BCUT2D eigenvalue weighted by molar-refractivity contribution is 5.37. The van der Waals surface area contributed by atoms with Gasteiger partial charge in [-0.3, -0.25) is 10.1 Å². The van der Waals surface area contributed by atoms with Gasteiger partial charge in [0.25, 0.3) is 0 Å². The molecule has 0 aliphatic rings. The molecule has 1 heterocycles. The van der Waals surface area contributed by atoms with E-state index >= 15 is 0 Å². The van der Waals surface area contributed by atoms with E-state index in [1.165, 1.54) is 12.4 Å². The van der Waals surface area contributed by atoms with Crippen molar-refractivity contribution in [3.8, 4) is 5.75 Å². The van der Waals surface area contributed by atoms with E-state index in [0.29, 0.717) is 12.4 Å². The second-order valence-corrected chi connectivity index (χ2v) is 4.06. The quantitative estimate of drug-likeness (QED) is 0.599. The zero-order valence-electron chi connectivity index (χ0n) is 10.8. The normalized spacial score (nSPS) is 10.5. The molecule has 2 rings (SSSR count). The fourth-order valence-corrected chi connectivity index (χ4v) is 1.67. The SMILES string of the molecule is CCCn1ncnc1COc1ccc([N+](=O)[O-])c(F)c1. The maximum absolute atomic E-state index is 13.4. The van der Waals surface area contributed by atoms with E-state index in [1.54, 1.807) is 4.68 Å². The Bertz CT molecular complexity index is 614. The number of ether oxygens (including phenoxy) is 1. The van der Waals surface area contributed by atoms with Crippen LogP contribution in [0.3, 0.4) is 0 Å². The largest absolute Gasteiger partial charge is 0.486 e. The van der Waals surface area contributed by atoms with Crippen molar-refractivity contribution in [1.29, 1.82) is 0 Å². The predicted octanol–water partition coefficient (Wildman–Crippen LogP) is 2.31. The first kappa shape index (κ1) is 13.9. The van der Waals surface area contributed by atoms with Crippen molar-refractivity contribution in [2.45, 2.75) is 26.5 Å². The van der Waals surface area contributed by atoms with E-state index in [4.69, 9.17) is 4.74 Å². The van der Waals surface area contributed by atoms with Gasteiger partial charge in [-0.15, -0.1) is 0 Å². The first-order valence-corrected chi connectivity index (χ1v) is 6.05. The van der Waals surface area contributed by atoms with E-state index in [2.05, 4.69) is 10.1 Å². The standard InChI is InChI=1S/C12H13FN4O3/c1-2-5-16-12(14-8-15-16)7-20-9-3-4-11(17(18)19)10(13)6-9/h3-4,6,8H,2,5,7H2,1H3. The number of nitro benzene ring substituents is 1. The number of nitrogens with zero attached hydrogens (tertiary/aromatic N) is 4. The van der Waals surface area contributed by atoms with Crippen molar-refractivity contribution in [1.82, 2.24) is 14.8 Å². The monoisotopic (exact) mass is 280 g/mol. The number of hydrogen-bond acceptors (Lipinski definition) is 5. The van der Waals surface area contributed by atoms with Crippen molar-refractivity contribution < 1.29 is 14.1 Å². The van der Waals surface area contributed by atoms with Gasteiger partial charge in [0.2, 0.25) is 5.82 Å². The van der Waals surface area contributed by atoms with Gasteiger partial charge < -0.3 is 4.74 Å². The highest BCUT2D eigenvalue weighted by atomic mass is 19.1. The molecule has 8 heteroatoms. The average molecular weight is 280 g/mol. The molecule has 0 amide bonds. The molecule has 0 unspecified atom stereocenters. The minimum absolute atomic E-state index is 0.122. The Balaban J connectivity index is 2.05. The van der Waals surface area contributed by atoms with Crippen LogP contribution in [0.15, 0.2) is 24.5 Å². The van der Waals surface area contributed by atoms with Gasteiger partial charge in [-0.2, -0.15) is 9.49 Å².